The topological polar surface area (TPSA) is 81.8 Å². The molecule has 0 saturated heterocycles. The second-order valence-electron chi connectivity index (χ2n) is 4.85. The number of aromatic nitrogens is 2. The van der Waals surface area contributed by atoms with Gasteiger partial charge in [0.25, 0.3) is 0 Å². The Morgan fingerprint density at radius 1 is 1.30 bits per heavy atom. The molecule has 1 aromatic heterocycles. The number of nitrogens with zero attached hydrogens (tertiary/aromatic N) is 3. The lowest BCUT2D eigenvalue weighted by Crippen LogP contribution is -2.21. The quantitative estimate of drug-likeness (QED) is 0.846. The number of anilines is 1. The summed E-state index contributed by atoms with van der Waals surface area (Å²) in [5.74, 6) is 0.243. The van der Waals surface area contributed by atoms with Crippen LogP contribution in [0.4, 0.5) is 19.0 Å². The van der Waals surface area contributed by atoms with Gasteiger partial charge in [-0.2, -0.15) is 18.4 Å². The zero-order valence-electron chi connectivity index (χ0n) is 12.1. The Hall–Kier alpha value is -2.60. The molecular formula is C14H12BF3N4O. The number of rotatable bonds is 4. The van der Waals surface area contributed by atoms with Gasteiger partial charge in [-0.25, -0.2) is 4.98 Å². The summed E-state index contributed by atoms with van der Waals surface area (Å²) in [6.45, 7) is 1.49. The molecule has 0 aliphatic rings. The van der Waals surface area contributed by atoms with Crippen LogP contribution in [0.5, 0.6) is 0 Å². The SMILES string of the molecule is CB(O)Nc1cnc(Cc2ccc(C(F)(F)F)cc2)c(C#N)n1. The van der Waals surface area contributed by atoms with Crippen molar-refractivity contribution in [1.82, 2.24) is 9.97 Å². The average molecular weight is 320 g/mol. The molecule has 0 radical (unpaired) electrons. The predicted molar refractivity (Wildman–Crippen MR) is 78.5 cm³/mol. The summed E-state index contributed by atoms with van der Waals surface area (Å²) in [4.78, 5) is 8.10. The van der Waals surface area contributed by atoms with Crippen LogP contribution in [0.25, 0.3) is 0 Å². The third-order valence-electron chi connectivity index (χ3n) is 2.96. The normalized spacial score (nSPS) is 11.0. The number of nitrogens with one attached hydrogen (secondary N) is 1. The average Bonchev–Trinajstić information content (AvgIpc) is 2.48. The van der Waals surface area contributed by atoms with E-state index in [0.29, 0.717) is 11.3 Å². The van der Waals surface area contributed by atoms with Crippen LogP contribution in [-0.4, -0.2) is 22.0 Å². The van der Waals surface area contributed by atoms with Crippen molar-refractivity contribution >= 4 is 12.9 Å². The maximum atomic E-state index is 12.5. The van der Waals surface area contributed by atoms with E-state index in [0.717, 1.165) is 12.1 Å². The van der Waals surface area contributed by atoms with E-state index in [1.165, 1.54) is 25.2 Å². The van der Waals surface area contributed by atoms with Crippen molar-refractivity contribution in [3.63, 3.8) is 0 Å². The minimum atomic E-state index is -4.38. The predicted octanol–water partition coefficient (Wildman–Crippen LogP) is 2.48. The molecule has 9 heteroatoms. The molecule has 5 nitrogen and oxygen atoms in total. The van der Waals surface area contributed by atoms with Gasteiger partial charge in [0.15, 0.2) is 5.69 Å². The Morgan fingerprint density at radius 2 is 1.96 bits per heavy atom. The van der Waals surface area contributed by atoms with E-state index in [4.69, 9.17) is 5.26 Å². The molecule has 2 N–H and O–H groups in total. The zero-order valence-corrected chi connectivity index (χ0v) is 12.1. The molecule has 1 aromatic carbocycles. The highest BCUT2D eigenvalue weighted by atomic mass is 19.4. The van der Waals surface area contributed by atoms with E-state index in [-0.39, 0.29) is 17.9 Å². The number of benzene rings is 1. The smallest absolute Gasteiger partial charge is 0.416 e. The Bertz CT molecular complexity index is 726. The first-order valence-corrected chi connectivity index (χ1v) is 6.66. The van der Waals surface area contributed by atoms with Crippen molar-refractivity contribution in [3.8, 4) is 6.07 Å². The van der Waals surface area contributed by atoms with Crippen molar-refractivity contribution in [2.45, 2.75) is 19.4 Å². The first kappa shape index (κ1) is 16.8. The first-order valence-electron chi connectivity index (χ1n) is 6.66. The molecule has 0 atom stereocenters. The van der Waals surface area contributed by atoms with E-state index in [1.807, 2.05) is 6.07 Å². The highest BCUT2D eigenvalue weighted by Crippen LogP contribution is 2.29. The van der Waals surface area contributed by atoms with Gasteiger partial charge in [0.05, 0.1) is 17.5 Å². The Morgan fingerprint density at radius 3 is 2.48 bits per heavy atom. The number of nitriles is 1. The van der Waals surface area contributed by atoms with Crippen LogP contribution in [-0.2, 0) is 12.6 Å². The van der Waals surface area contributed by atoms with Gasteiger partial charge in [-0.1, -0.05) is 12.1 Å². The largest absolute Gasteiger partial charge is 0.433 e. The number of alkyl halides is 3. The molecule has 0 aliphatic heterocycles. The van der Waals surface area contributed by atoms with Crippen LogP contribution >= 0.6 is 0 Å². The number of hydrogen-bond acceptors (Lipinski definition) is 5. The van der Waals surface area contributed by atoms with Crippen molar-refractivity contribution in [3.05, 3.63) is 53.0 Å². The maximum Gasteiger partial charge on any atom is 0.416 e. The van der Waals surface area contributed by atoms with Gasteiger partial charge < -0.3 is 10.3 Å². The molecule has 2 rings (SSSR count). The molecule has 2 aromatic rings. The minimum Gasteiger partial charge on any atom is -0.433 e. The highest BCUT2D eigenvalue weighted by Gasteiger charge is 2.29. The molecular weight excluding hydrogens is 308 g/mol. The van der Waals surface area contributed by atoms with Gasteiger partial charge in [0.2, 0.25) is 0 Å². The summed E-state index contributed by atoms with van der Waals surface area (Å²) in [5.41, 5.74) is 0.253. The summed E-state index contributed by atoms with van der Waals surface area (Å²) in [6.07, 6.45) is -2.85. The molecule has 0 bridgehead atoms. The van der Waals surface area contributed by atoms with Gasteiger partial charge in [-0.3, -0.25) is 4.98 Å². The number of halogens is 3. The fourth-order valence-electron chi connectivity index (χ4n) is 1.92. The van der Waals surface area contributed by atoms with E-state index < -0.39 is 18.8 Å². The van der Waals surface area contributed by atoms with E-state index in [2.05, 4.69) is 15.2 Å². The summed E-state index contributed by atoms with van der Waals surface area (Å²) in [7, 11) is -0.850. The monoisotopic (exact) mass is 320 g/mol. The van der Waals surface area contributed by atoms with Crippen LogP contribution in [0.15, 0.2) is 30.5 Å². The third-order valence-corrected chi connectivity index (χ3v) is 2.96. The van der Waals surface area contributed by atoms with Gasteiger partial charge in [-0.15, -0.1) is 0 Å². The molecule has 0 spiro atoms. The molecule has 0 saturated carbocycles. The summed E-state index contributed by atoms with van der Waals surface area (Å²) >= 11 is 0. The maximum absolute atomic E-state index is 12.5. The second kappa shape index (κ2) is 6.66. The van der Waals surface area contributed by atoms with Crippen molar-refractivity contribution in [2.24, 2.45) is 0 Å². The Kier molecular flexibility index (Phi) is 4.86. The van der Waals surface area contributed by atoms with Crippen LogP contribution < -0.4 is 5.23 Å². The van der Waals surface area contributed by atoms with Gasteiger partial charge >= 0.3 is 13.2 Å². The molecule has 0 unspecified atom stereocenters. The van der Waals surface area contributed by atoms with Crippen molar-refractivity contribution < 1.29 is 18.2 Å². The fraction of sp³-hybridized carbons (Fsp3) is 0.214. The van der Waals surface area contributed by atoms with Crippen molar-refractivity contribution in [2.75, 3.05) is 5.23 Å². The third kappa shape index (κ3) is 4.44. The lowest BCUT2D eigenvalue weighted by Gasteiger charge is -2.09. The fourth-order valence-corrected chi connectivity index (χ4v) is 1.92. The van der Waals surface area contributed by atoms with Crippen LogP contribution in [0.2, 0.25) is 6.82 Å². The number of hydrogen-bond donors (Lipinski definition) is 2. The highest BCUT2D eigenvalue weighted by molar-refractivity contribution is 6.52. The van der Waals surface area contributed by atoms with Crippen LogP contribution in [0.1, 0.15) is 22.5 Å². The van der Waals surface area contributed by atoms with Crippen molar-refractivity contribution in [1.29, 1.82) is 5.26 Å². The van der Waals surface area contributed by atoms with Gasteiger partial charge in [-0.05, 0) is 24.5 Å². The van der Waals surface area contributed by atoms with E-state index >= 15 is 0 Å². The van der Waals surface area contributed by atoms with Crippen LogP contribution in [0, 0.1) is 11.3 Å². The standard InChI is InChI=1S/C14H12BF3N4O/c1-15(23)22-13-8-20-11(12(7-19)21-13)6-9-2-4-10(5-3-9)14(16,17)18/h2-5,8,23H,6H2,1H3,(H,21,22). The minimum absolute atomic E-state index is 0.0514. The lowest BCUT2D eigenvalue weighted by molar-refractivity contribution is -0.137. The molecule has 1 heterocycles. The van der Waals surface area contributed by atoms with E-state index in [1.54, 1.807) is 0 Å². The molecule has 23 heavy (non-hydrogen) atoms. The molecule has 118 valence electrons. The molecule has 0 aliphatic carbocycles. The zero-order chi connectivity index (χ0) is 17.0. The van der Waals surface area contributed by atoms with Crippen LogP contribution in [0.3, 0.4) is 0 Å². The first-order chi connectivity index (χ1) is 10.8. The summed E-state index contributed by atoms with van der Waals surface area (Å²) in [6, 6.07) is 6.54. The van der Waals surface area contributed by atoms with E-state index in [9.17, 15) is 18.2 Å². The van der Waals surface area contributed by atoms with Gasteiger partial charge in [0, 0.05) is 6.42 Å². The summed E-state index contributed by atoms with van der Waals surface area (Å²) in [5, 5.41) is 20.9. The Labute approximate surface area is 131 Å². The lowest BCUT2D eigenvalue weighted by atomic mass is 9.89. The van der Waals surface area contributed by atoms with Gasteiger partial charge in [0.1, 0.15) is 11.9 Å². The molecule has 0 fully saturated rings. The second-order valence-corrected chi connectivity index (χ2v) is 4.85. The molecule has 0 amide bonds. The Balaban J connectivity index is 2.21. The summed E-state index contributed by atoms with van der Waals surface area (Å²) < 4.78 is 37.6.